The van der Waals surface area contributed by atoms with E-state index >= 15 is 0 Å². The number of amides is 2. The van der Waals surface area contributed by atoms with E-state index in [1.807, 2.05) is 18.2 Å². The molecule has 2 amide bonds. The number of urea groups is 1. The smallest absolute Gasteiger partial charge is 0.315 e. The van der Waals surface area contributed by atoms with Gasteiger partial charge in [0.2, 0.25) is 0 Å². The summed E-state index contributed by atoms with van der Waals surface area (Å²) in [6.45, 7) is 0.699. The van der Waals surface area contributed by atoms with Crippen LogP contribution in [0.15, 0.2) is 24.3 Å². The quantitative estimate of drug-likeness (QED) is 0.796. The van der Waals surface area contributed by atoms with Gasteiger partial charge < -0.3 is 10.6 Å². The molecule has 0 atom stereocenters. The lowest BCUT2D eigenvalue weighted by Gasteiger charge is -2.12. The molecule has 0 saturated heterocycles. The average molecular weight is 281 g/mol. The molecular weight excluding hydrogens is 260 g/mol. The molecule has 19 heavy (non-hydrogen) atoms. The van der Waals surface area contributed by atoms with Crippen molar-refractivity contribution in [2.45, 2.75) is 44.6 Å². The Morgan fingerprint density at radius 1 is 1.32 bits per heavy atom. The van der Waals surface area contributed by atoms with Gasteiger partial charge in [0, 0.05) is 17.6 Å². The molecule has 1 aromatic carbocycles. The highest BCUT2D eigenvalue weighted by Gasteiger charge is 2.16. The highest BCUT2D eigenvalue weighted by atomic mass is 35.5. The number of carbonyl (C=O) groups is 1. The minimum atomic E-state index is -0.0296. The molecule has 0 aromatic heterocycles. The first-order chi connectivity index (χ1) is 9.24. The van der Waals surface area contributed by atoms with Gasteiger partial charge in [0.25, 0.3) is 0 Å². The van der Waals surface area contributed by atoms with Gasteiger partial charge in [-0.15, -0.1) is 0 Å². The highest BCUT2D eigenvalue weighted by molar-refractivity contribution is 6.30. The standard InChI is InChI=1S/C15H21ClN2O/c16-13-7-3-5-12(11-13)6-4-10-17-15(19)18-14-8-1-2-9-14/h3,5,7,11,14H,1-2,4,6,8-10H2,(H2,17,18,19). The molecule has 0 unspecified atom stereocenters. The number of rotatable bonds is 5. The molecule has 1 aliphatic carbocycles. The zero-order chi connectivity index (χ0) is 13.5. The second-order valence-electron chi connectivity index (χ2n) is 5.12. The third-order valence-electron chi connectivity index (χ3n) is 3.51. The summed E-state index contributed by atoms with van der Waals surface area (Å²) in [7, 11) is 0. The molecule has 1 fully saturated rings. The van der Waals surface area contributed by atoms with Crippen LogP contribution in [0.2, 0.25) is 5.02 Å². The van der Waals surface area contributed by atoms with Crippen LogP contribution in [0.3, 0.4) is 0 Å². The second kappa shape index (κ2) is 7.39. The van der Waals surface area contributed by atoms with Crippen molar-refractivity contribution in [3.63, 3.8) is 0 Å². The highest BCUT2D eigenvalue weighted by Crippen LogP contribution is 2.17. The van der Waals surface area contributed by atoms with Crippen LogP contribution in [-0.2, 0) is 6.42 Å². The molecule has 0 spiro atoms. The molecule has 1 aliphatic rings. The lowest BCUT2D eigenvalue weighted by atomic mass is 10.1. The van der Waals surface area contributed by atoms with E-state index in [-0.39, 0.29) is 6.03 Å². The SMILES string of the molecule is O=C(NCCCc1cccc(Cl)c1)NC1CCCC1. The van der Waals surface area contributed by atoms with Gasteiger partial charge in [-0.05, 0) is 43.4 Å². The second-order valence-corrected chi connectivity index (χ2v) is 5.55. The number of nitrogens with one attached hydrogen (secondary N) is 2. The van der Waals surface area contributed by atoms with Crippen LogP contribution in [0.5, 0.6) is 0 Å². The predicted octanol–water partition coefficient (Wildman–Crippen LogP) is 3.51. The summed E-state index contributed by atoms with van der Waals surface area (Å²) >= 11 is 5.92. The van der Waals surface area contributed by atoms with Gasteiger partial charge in [0.05, 0.1) is 0 Å². The number of carbonyl (C=O) groups excluding carboxylic acids is 1. The number of benzene rings is 1. The van der Waals surface area contributed by atoms with Gasteiger partial charge in [-0.1, -0.05) is 36.6 Å². The van der Waals surface area contributed by atoms with Crippen LogP contribution in [0.1, 0.15) is 37.7 Å². The first-order valence-corrected chi connectivity index (χ1v) is 7.40. The van der Waals surface area contributed by atoms with Crippen LogP contribution < -0.4 is 10.6 Å². The summed E-state index contributed by atoms with van der Waals surface area (Å²) in [5.74, 6) is 0. The Kier molecular flexibility index (Phi) is 5.52. The van der Waals surface area contributed by atoms with E-state index in [0.29, 0.717) is 12.6 Å². The Labute approximate surface area is 119 Å². The van der Waals surface area contributed by atoms with Crippen molar-refractivity contribution < 1.29 is 4.79 Å². The van der Waals surface area contributed by atoms with Crippen molar-refractivity contribution in [2.75, 3.05) is 6.54 Å². The maximum absolute atomic E-state index is 11.6. The maximum Gasteiger partial charge on any atom is 0.315 e. The normalized spacial score (nSPS) is 15.4. The molecule has 1 aromatic rings. The van der Waals surface area contributed by atoms with Crippen molar-refractivity contribution in [2.24, 2.45) is 0 Å². The van der Waals surface area contributed by atoms with E-state index < -0.39 is 0 Å². The number of halogens is 1. The van der Waals surface area contributed by atoms with Crippen LogP contribution in [0.4, 0.5) is 4.79 Å². The molecule has 0 radical (unpaired) electrons. The average Bonchev–Trinajstić information content (AvgIpc) is 2.87. The first-order valence-electron chi connectivity index (χ1n) is 7.03. The third kappa shape index (κ3) is 5.11. The van der Waals surface area contributed by atoms with E-state index in [0.717, 1.165) is 30.7 Å². The minimum absolute atomic E-state index is 0.0296. The summed E-state index contributed by atoms with van der Waals surface area (Å²) in [5.41, 5.74) is 1.21. The fourth-order valence-electron chi connectivity index (χ4n) is 2.49. The minimum Gasteiger partial charge on any atom is -0.338 e. The molecule has 0 heterocycles. The summed E-state index contributed by atoms with van der Waals surface area (Å²) in [6.07, 6.45) is 6.58. The van der Waals surface area contributed by atoms with Gasteiger partial charge in [-0.2, -0.15) is 0 Å². The Morgan fingerprint density at radius 2 is 2.11 bits per heavy atom. The van der Waals surface area contributed by atoms with Crippen molar-refractivity contribution in [1.29, 1.82) is 0 Å². The maximum atomic E-state index is 11.6. The molecule has 2 N–H and O–H groups in total. The van der Waals surface area contributed by atoms with E-state index in [2.05, 4.69) is 16.7 Å². The summed E-state index contributed by atoms with van der Waals surface area (Å²) in [4.78, 5) is 11.6. The van der Waals surface area contributed by atoms with E-state index in [4.69, 9.17) is 11.6 Å². The Bertz CT molecular complexity index is 416. The largest absolute Gasteiger partial charge is 0.338 e. The van der Waals surface area contributed by atoms with Crippen molar-refractivity contribution in [3.05, 3.63) is 34.9 Å². The van der Waals surface area contributed by atoms with Crippen LogP contribution in [0.25, 0.3) is 0 Å². The van der Waals surface area contributed by atoms with Gasteiger partial charge >= 0.3 is 6.03 Å². The summed E-state index contributed by atoms with van der Waals surface area (Å²) < 4.78 is 0. The van der Waals surface area contributed by atoms with Gasteiger partial charge in [-0.25, -0.2) is 4.79 Å². The van der Waals surface area contributed by atoms with Gasteiger partial charge in [0.15, 0.2) is 0 Å². The Morgan fingerprint density at radius 3 is 2.84 bits per heavy atom. The molecule has 2 rings (SSSR count). The fraction of sp³-hybridized carbons (Fsp3) is 0.533. The van der Waals surface area contributed by atoms with E-state index in [1.54, 1.807) is 0 Å². The molecule has 0 bridgehead atoms. The molecule has 1 saturated carbocycles. The van der Waals surface area contributed by atoms with Crippen molar-refractivity contribution >= 4 is 17.6 Å². The van der Waals surface area contributed by atoms with Gasteiger partial charge in [-0.3, -0.25) is 0 Å². The predicted molar refractivity (Wildman–Crippen MR) is 78.6 cm³/mol. The Balaban J connectivity index is 1.59. The number of hydrogen-bond donors (Lipinski definition) is 2. The third-order valence-corrected chi connectivity index (χ3v) is 3.74. The number of hydrogen-bond acceptors (Lipinski definition) is 1. The molecule has 3 nitrogen and oxygen atoms in total. The lowest BCUT2D eigenvalue weighted by Crippen LogP contribution is -2.41. The number of aryl methyl sites for hydroxylation is 1. The molecule has 4 heteroatoms. The summed E-state index contributed by atoms with van der Waals surface area (Å²) in [6, 6.07) is 8.21. The Hall–Kier alpha value is -1.22. The summed E-state index contributed by atoms with van der Waals surface area (Å²) in [5, 5.41) is 6.69. The monoisotopic (exact) mass is 280 g/mol. The topological polar surface area (TPSA) is 41.1 Å². The van der Waals surface area contributed by atoms with Crippen LogP contribution in [-0.4, -0.2) is 18.6 Å². The fourth-order valence-corrected chi connectivity index (χ4v) is 2.71. The van der Waals surface area contributed by atoms with Crippen LogP contribution >= 0.6 is 11.6 Å². The zero-order valence-corrected chi connectivity index (χ0v) is 11.9. The zero-order valence-electron chi connectivity index (χ0n) is 11.1. The van der Waals surface area contributed by atoms with Crippen LogP contribution in [0, 0.1) is 0 Å². The molecule has 104 valence electrons. The van der Waals surface area contributed by atoms with Gasteiger partial charge in [0.1, 0.15) is 0 Å². The lowest BCUT2D eigenvalue weighted by molar-refractivity contribution is 0.237. The molecule has 0 aliphatic heterocycles. The van der Waals surface area contributed by atoms with E-state index in [1.165, 1.54) is 18.4 Å². The van der Waals surface area contributed by atoms with Crippen molar-refractivity contribution in [1.82, 2.24) is 10.6 Å². The van der Waals surface area contributed by atoms with E-state index in [9.17, 15) is 4.79 Å². The first kappa shape index (κ1) is 14.2. The molecular formula is C15H21ClN2O. The van der Waals surface area contributed by atoms with Crippen molar-refractivity contribution in [3.8, 4) is 0 Å².